The third-order valence-electron chi connectivity index (χ3n) is 4.38. The van der Waals surface area contributed by atoms with Gasteiger partial charge < -0.3 is 21.3 Å². The lowest BCUT2D eigenvalue weighted by Crippen LogP contribution is -2.32. The van der Waals surface area contributed by atoms with Crippen LogP contribution in [0.3, 0.4) is 0 Å². The lowest BCUT2D eigenvalue weighted by molar-refractivity contribution is -0.198. The molecule has 7 nitrogen and oxygen atoms in total. The number of carbonyl (C=O) groups is 1. The third-order valence-corrected chi connectivity index (χ3v) is 4.38. The zero-order chi connectivity index (χ0) is 22.6. The second-order valence-corrected chi connectivity index (χ2v) is 6.75. The Morgan fingerprint density at radius 2 is 1.71 bits per heavy atom. The number of nitrogens with two attached hydrogens (primary N) is 2. The van der Waals surface area contributed by atoms with Crippen molar-refractivity contribution < 1.29 is 27.8 Å². The van der Waals surface area contributed by atoms with E-state index in [1.165, 1.54) is 30.3 Å². The molecule has 0 fully saturated rings. The first-order valence-electron chi connectivity index (χ1n) is 9.14. The minimum atomic E-state index is -4.67. The summed E-state index contributed by atoms with van der Waals surface area (Å²) >= 11 is 0. The highest BCUT2D eigenvalue weighted by Gasteiger charge is 2.43. The molecule has 162 valence electrons. The van der Waals surface area contributed by atoms with E-state index < -0.39 is 24.3 Å². The smallest absolute Gasteiger partial charge is 0.429 e. The van der Waals surface area contributed by atoms with Crippen molar-refractivity contribution >= 4 is 11.9 Å². The van der Waals surface area contributed by atoms with Gasteiger partial charge in [-0.3, -0.25) is 4.79 Å². The SMILES string of the molecule is Nc1nc(O[C@H](c2ccccc2)C(F)(F)F)cc(-c2ccc(C[C@H](N)C(=O)O)cc2)n1. The minimum absolute atomic E-state index is 0.0761. The Kier molecular flexibility index (Phi) is 6.40. The molecule has 3 aromatic rings. The van der Waals surface area contributed by atoms with Crippen LogP contribution in [0.1, 0.15) is 17.2 Å². The van der Waals surface area contributed by atoms with Crippen molar-refractivity contribution in [3.63, 3.8) is 0 Å². The van der Waals surface area contributed by atoms with Gasteiger partial charge in [0.2, 0.25) is 17.9 Å². The van der Waals surface area contributed by atoms with E-state index in [1.807, 2.05) is 0 Å². The van der Waals surface area contributed by atoms with Crippen molar-refractivity contribution in [3.05, 3.63) is 71.8 Å². The summed E-state index contributed by atoms with van der Waals surface area (Å²) in [5, 5.41) is 8.90. The number of hydrogen-bond acceptors (Lipinski definition) is 6. The summed E-state index contributed by atoms with van der Waals surface area (Å²) in [5.74, 6) is -1.70. The van der Waals surface area contributed by atoms with E-state index in [-0.39, 0.29) is 29.5 Å². The number of nitrogens with zero attached hydrogens (tertiary/aromatic N) is 2. The maximum atomic E-state index is 13.6. The lowest BCUT2D eigenvalue weighted by atomic mass is 10.0. The molecule has 2 atom stereocenters. The van der Waals surface area contributed by atoms with E-state index in [4.69, 9.17) is 21.3 Å². The van der Waals surface area contributed by atoms with Gasteiger partial charge in [-0.1, -0.05) is 54.6 Å². The Bertz CT molecular complexity index is 1040. The van der Waals surface area contributed by atoms with Gasteiger partial charge in [0, 0.05) is 17.2 Å². The van der Waals surface area contributed by atoms with Gasteiger partial charge in [0.25, 0.3) is 0 Å². The van der Waals surface area contributed by atoms with Gasteiger partial charge in [0.1, 0.15) is 6.04 Å². The predicted octanol–water partition coefficient (Wildman–Crippen LogP) is 3.36. The topological polar surface area (TPSA) is 124 Å². The molecule has 0 aliphatic carbocycles. The Morgan fingerprint density at radius 1 is 1.06 bits per heavy atom. The van der Waals surface area contributed by atoms with Crippen LogP contribution in [0.4, 0.5) is 19.1 Å². The zero-order valence-corrected chi connectivity index (χ0v) is 16.1. The third kappa shape index (κ3) is 5.70. The minimum Gasteiger partial charge on any atom is -0.480 e. The summed E-state index contributed by atoms with van der Waals surface area (Å²) in [6.07, 6.45) is -6.78. The molecule has 0 bridgehead atoms. The van der Waals surface area contributed by atoms with E-state index in [0.29, 0.717) is 11.1 Å². The first-order valence-corrected chi connectivity index (χ1v) is 9.14. The highest BCUT2D eigenvalue weighted by atomic mass is 19.4. The molecule has 2 aromatic carbocycles. The molecule has 0 aliphatic rings. The number of rotatable bonds is 7. The van der Waals surface area contributed by atoms with Crippen molar-refractivity contribution in [1.29, 1.82) is 0 Å². The standard InChI is InChI=1S/C21H19F3N4O3/c22-21(23,24)18(14-4-2-1-3-5-14)31-17-11-16(27-20(26)28-17)13-8-6-12(7-9-13)10-15(25)19(29)30/h1-9,11,15,18H,10,25H2,(H,29,30)(H2,26,27,28)/t15-,18+/m0/s1. The number of alkyl halides is 3. The summed E-state index contributed by atoms with van der Waals surface area (Å²) in [6.45, 7) is 0. The highest BCUT2D eigenvalue weighted by molar-refractivity contribution is 5.73. The number of aliphatic carboxylic acids is 1. The normalized spacial score (nSPS) is 13.4. The quantitative estimate of drug-likeness (QED) is 0.523. The number of anilines is 1. The maximum Gasteiger partial charge on any atom is 0.429 e. The Labute approximate surface area is 175 Å². The van der Waals surface area contributed by atoms with E-state index in [1.54, 1.807) is 30.3 Å². The number of carboxylic acids is 1. The molecule has 0 saturated heterocycles. The van der Waals surface area contributed by atoms with Crippen LogP contribution in [-0.2, 0) is 11.2 Å². The number of carboxylic acid groups (broad SMARTS) is 1. The van der Waals surface area contributed by atoms with E-state index in [9.17, 15) is 18.0 Å². The predicted molar refractivity (Wildman–Crippen MR) is 107 cm³/mol. The van der Waals surface area contributed by atoms with Crippen molar-refractivity contribution in [3.8, 4) is 17.1 Å². The Balaban J connectivity index is 1.87. The van der Waals surface area contributed by atoms with Crippen LogP contribution in [-0.4, -0.2) is 33.3 Å². The zero-order valence-electron chi connectivity index (χ0n) is 16.1. The van der Waals surface area contributed by atoms with Gasteiger partial charge >= 0.3 is 12.1 Å². The van der Waals surface area contributed by atoms with Gasteiger partial charge in [-0.05, 0) is 12.0 Å². The molecule has 10 heteroatoms. The molecule has 0 saturated carbocycles. The second kappa shape index (κ2) is 9.00. The number of benzene rings is 2. The summed E-state index contributed by atoms with van der Waals surface area (Å²) in [7, 11) is 0. The summed E-state index contributed by atoms with van der Waals surface area (Å²) in [4.78, 5) is 18.7. The highest BCUT2D eigenvalue weighted by Crippen LogP contribution is 2.37. The number of nitrogen functional groups attached to an aromatic ring is 1. The molecule has 0 radical (unpaired) electrons. The van der Waals surface area contributed by atoms with Crippen LogP contribution in [0.5, 0.6) is 5.88 Å². The summed E-state index contributed by atoms with van der Waals surface area (Å²) < 4.78 is 45.9. The monoisotopic (exact) mass is 432 g/mol. The van der Waals surface area contributed by atoms with Crippen molar-refractivity contribution in [1.82, 2.24) is 9.97 Å². The lowest BCUT2D eigenvalue weighted by Gasteiger charge is -2.21. The van der Waals surface area contributed by atoms with Crippen molar-refractivity contribution in [2.24, 2.45) is 5.73 Å². The van der Waals surface area contributed by atoms with Crippen LogP contribution in [0.2, 0.25) is 0 Å². The Hall–Kier alpha value is -3.66. The fraction of sp³-hybridized carbons (Fsp3) is 0.190. The molecule has 0 amide bonds. The largest absolute Gasteiger partial charge is 0.480 e. The second-order valence-electron chi connectivity index (χ2n) is 6.75. The number of halogens is 3. The number of aromatic nitrogens is 2. The van der Waals surface area contributed by atoms with Gasteiger partial charge in [-0.2, -0.15) is 18.2 Å². The first kappa shape index (κ1) is 22.0. The average molecular weight is 432 g/mol. The number of hydrogen-bond donors (Lipinski definition) is 3. The maximum absolute atomic E-state index is 13.6. The van der Waals surface area contributed by atoms with Crippen LogP contribution in [0.15, 0.2) is 60.7 Å². The van der Waals surface area contributed by atoms with Gasteiger partial charge in [0.15, 0.2) is 0 Å². The van der Waals surface area contributed by atoms with E-state index in [0.717, 1.165) is 0 Å². The molecule has 0 spiro atoms. The Morgan fingerprint density at radius 3 is 2.29 bits per heavy atom. The van der Waals surface area contributed by atoms with Crippen LogP contribution < -0.4 is 16.2 Å². The van der Waals surface area contributed by atoms with Crippen molar-refractivity contribution in [2.45, 2.75) is 24.7 Å². The van der Waals surface area contributed by atoms with Crippen molar-refractivity contribution in [2.75, 3.05) is 5.73 Å². The molecule has 5 N–H and O–H groups in total. The molecule has 1 heterocycles. The molecule has 31 heavy (non-hydrogen) atoms. The van der Waals surface area contributed by atoms with Crippen LogP contribution >= 0.6 is 0 Å². The van der Waals surface area contributed by atoms with E-state index in [2.05, 4.69) is 9.97 Å². The molecule has 3 rings (SSSR count). The van der Waals surface area contributed by atoms with Gasteiger partial charge in [0.05, 0.1) is 5.69 Å². The molecular weight excluding hydrogens is 413 g/mol. The molecular formula is C21H19F3N4O3. The molecule has 1 aromatic heterocycles. The summed E-state index contributed by atoms with van der Waals surface area (Å²) in [6, 6.07) is 14.0. The first-order chi connectivity index (χ1) is 14.6. The molecule has 0 unspecified atom stereocenters. The van der Waals surface area contributed by atoms with Crippen LogP contribution in [0.25, 0.3) is 11.3 Å². The van der Waals surface area contributed by atoms with Gasteiger partial charge in [-0.15, -0.1) is 0 Å². The number of ether oxygens (including phenoxy) is 1. The molecule has 0 aliphatic heterocycles. The van der Waals surface area contributed by atoms with Crippen LogP contribution in [0, 0.1) is 0 Å². The van der Waals surface area contributed by atoms with E-state index >= 15 is 0 Å². The van der Waals surface area contributed by atoms with Gasteiger partial charge in [-0.25, -0.2) is 4.98 Å². The average Bonchev–Trinajstić information content (AvgIpc) is 2.72. The fourth-order valence-corrected chi connectivity index (χ4v) is 2.88. The fourth-order valence-electron chi connectivity index (χ4n) is 2.88. The summed E-state index contributed by atoms with van der Waals surface area (Å²) in [5.41, 5.74) is 12.6.